The van der Waals surface area contributed by atoms with Gasteiger partial charge in [0.05, 0.1) is 13.2 Å². The molecule has 0 radical (unpaired) electrons. The van der Waals surface area contributed by atoms with E-state index < -0.39 is 5.56 Å². The average Bonchev–Trinajstić information content (AvgIpc) is 3.15. The summed E-state index contributed by atoms with van der Waals surface area (Å²) in [7, 11) is 0. The zero-order chi connectivity index (χ0) is 21.8. The number of amides is 1. The van der Waals surface area contributed by atoms with Crippen molar-refractivity contribution >= 4 is 22.8 Å². The second-order valence-corrected chi connectivity index (χ2v) is 6.73. The predicted molar refractivity (Wildman–Crippen MR) is 111 cm³/mol. The van der Waals surface area contributed by atoms with Gasteiger partial charge >= 0.3 is 0 Å². The van der Waals surface area contributed by atoms with Crippen LogP contribution in [0.2, 0.25) is 0 Å². The first-order valence-electron chi connectivity index (χ1n) is 9.59. The van der Waals surface area contributed by atoms with Gasteiger partial charge in [-0.25, -0.2) is 14.1 Å². The van der Waals surface area contributed by atoms with Crippen molar-refractivity contribution in [3.8, 4) is 5.75 Å². The van der Waals surface area contributed by atoms with Crippen molar-refractivity contribution in [1.82, 2.24) is 24.5 Å². The van der Waals surface area contributed by atoms with Crippen LogP contribution in [0.3, 0.4) is 0 Å². The quantitative estimate of drug-likeness (QED) is 0.490. The molecular formula is C21H19FN6O3. The first-order chi connectivity index (χ1) is 15.0. The summed E-state index contributed by atoms with van der Waals surface area (Å²) in [6.07, 6.45) is 1.27. The van der Waals surface area contributed by atoms with Crippen LogP contribution in [0, 0.1) is 5.82 Å². The fraction of sp³-hybridized carbons (Fsp3) is 0.190. The number of hydrogen-bond acceptors (Lipinski definition) is 6. The van der Waals surface area contributed by atoms with Crippen LogP contribution >= 0.6 is 0 Å². The topological polar surface area (TPSA) is 104 Å². The number of ether oxygens (including phenoxy) is 1. The number of carbonyl (C=O) groups is 1. The predicted octanol–water partition coefficient (Wildman–Crippen LogP) is 2.21. The maximum absolute atomic E-state index is 13.4. The van der Waals surface area contributed by atoms with Crippen LogP contribution in [0.15, 0.2) is 59.7 Å². The number of nitrogens with zero attached hydrogens (tertiary/aromatic N) is 5. The maximum Gasteiger partial charge on any atom is 0.283 e. The van der Waals surface area contributed by atoms with Crippen molar-refractivity contribution in [2.24, 2.45) is 0 Å². The molecule has 0 saturated heterocycles. The van der Waals surface area contributed by atoms with Gasteiger partial charge in [-0.1, -0.05) is 17.3 Å². The van der Waals surface area contributed by atoms with E-state index in [9.17, 15) is 14.0 Å². The third-order valence-corrected chi connectivity index (χ3v) is 4.48. The Labute approximate surface area is 176 Å². The Kier molecular flexibility index (Phi) is 5.69. The lowest BCUT2D eigenvalue weighted by Gasteiger charge is -2.08. The van der Waals surface area contributed by atoms with E-state index in [1.165, 1.54) is 23.1 Å². The van der Waals surface area contributed by atoms with Crippen LogP contribution in [-0.4, -0.2) is 37.1 Å². The molecule has 0 bridgehead atoms. The van der Waals surface area contributed by atoms with Crippen LogP contribution in [0.1, 0.15) is 12.5 Å². The molecule has 158 valence electrons. The van der Waals surface area contributed by atoms with Gasteiger partial charge in [0, 0.05) is 5.69 Å². The van der Waals surface area contributed by atoms with E-state index in [-0.39, 0.29) is 36.0 Å². The summed E-state index contributed by atoms with van der Waals surface area (Å²) in [4.78, 5) is 29.3. The highest BCUT2D eigenvalue weighted by molar-refractivity contribution is 5.90. The summed E-state index contributed by atoms with van der Waals surface area (Å²) < 4.78 is 21.3. The van der Waals surface area contributed by atoms with Crippen molar-refractivity contribution < 1.29 is 13.9 Å². The summed E-state index contributed by atoms with van der Waals surface area (Å²) in [5, 5.41) is 10.6. The lowest BCUT2D eigenvalue weighted by molar-refractivity contribution is -0.116. The van der Waals surface area contributed by atoms with Gasteiger partial charge in [0.25, 0.3) is 5.56 Å². The molecule has 4 rings (SSSR count). The molecule has 2 heterocycles. The summed E-state index contributed by atoms with van der Waals surface area (Å²) in [5.74, 6) is -0.0527. The van der Waals surface area contributed by atoms with Gasteiger partial charge in [-0.3, -0.25) is 14.2 Å². The molecule has 2 aromatic carbocycles. The van der Waals surface area contributed by atoms with E-state index in [2.05, 4.69) is 20.6 Å². The molecule has 0 aliphatic rings. The highest BCUT2D eigenvalue weighted by Gasteiger charge is 2.14. The van der Waals surface area contributed by atoms with E-state index in [1.807, 2.05) is 6.92 Å². The van der Waals surface area contributed by atoms with Gasteiger partial charge in [0.1, 0.15) is 24.4 Å². The zero-order valence-electron chi connectivity index (χ0n) is 16.7. The smallest absolute Gasteiger partial charge is 0.283 e. The molecule has 2 aromatic heterocycles. The van der Waals surface area contributed by atoms with Crippen molar-refractivity contribution in [2.75, 3.05) is 11.9 Å². The maximum atomic E-state index is 13.4. The SMILES string of the molecule is CCOc1ccc(NC(=O)Cn2cnc3c(nnn3Cc3cccc(F)c3)c2=O)cc1. The molecule has 31 heavy (non-hydrogen) atoms. The zero-order valence-corrected chi connectivity index (χ0v) is 16.7. The Balaban J connectivity index is 1.49. The van der Waals surface area contributed by atoms with E-state index >= 15 is 0 Å². The van der Waals surface area contributed by atoms with Crippen LogP contribution in [0.4, 0.5) is 10.1 Å². The van der Waals surface area contributed by atoms with Gasteiger partial charge < -0.3 is 10.1 Å². The van der Waals surface area contributed by atoms with Crippen molar-refractivity contribution in [1.29, 1.82) is 0 Å². The normalized spacial score (nSPS) is 10.9. The molecule has 0 aliphatic heterocycles. The first kappa shape index (κ1) is 20.2. The Bertz CT molecular complexity index is 1280. The number of rotatable bonds is 7. The minimum atomic E-state index is -0.489. The van der Waals surface area contributed by atoms with Crippen molar-refractivity contribution in [3.63, 3.8) is 0 Å². The van der Waals surface area contributed by atoms with E-state index in [1.54, 1.807) is 36.4 Å². The molecule has 1 N–H and O–H groups in total. The third kappa shape index (κ3) is 4.58. The number of aromatic nitrogens is 5. The van der Waals surface area contributed by atoms with Gasteiger partial charge in [-0.15, -0.1) is 5.10 Å². The Morgan fingerprint density at radius 1 is 1.19 bits per heavy atom. The highest BCUT2D eigenvalue weighted by Crippen LogP contribution is 2.15. The summed E-state index contributed by atoms with van der Waals surface area (Å²) in [5.41, 5.74) is 1.05. The minimum absolute atomic E-state index is 0.0350. The van der Waals surface area contributed by atoms with Crippen LogP contribution in [-0.2, 0) is 17.9 Å². The third-order valence-electron chi connectivity index (χ3n) is 4.48. The molecule has 1 amide bonds. The summed E-state index contributed by atoms with van der Waals surface area (Å²) >= 11 is 0. The van der Waals surface area contributed by atoms with Gasteiger partial charge in [0.2, 0.25) is 5.91 Å². The van der Waals surface area contributed by atoms with E-state index in [0.29, 0.717) is 23.6 Å². The van der Waals surface area contributed by atoms with Gasteiger partial charge in [-0.05, 0) is 48.9 Å². The van der Waals surface area contributed by atoms with Crippen molar-refractivity contribution in [3.05, 3.63) is 76.6 Å². The number of fused-ring (bicyclic) bond motifs is 1. The summed E-state index contributed by atoms with van der Waals surface area (Å²) in [6.45, 7) is 2.42. The Morgan fingerprint density at radius 2 is 2.00 bits per heavy atom. The lowest BCUT2D eigenvalue weighted by atomic mass is 10.2. The second-order valence-electron chi connectivity index (χ2n) is 6.73. The molecule has 0 saturated carbocycles. The average molecular weight is 422 g/mol. The number of halogens is 1. The monoisotopic (exact) mass is 422 g/mol. The molecule has 0 fully saturated rings. The fourth-order valence-electron chi connectivity index (χ4n) is 3.07. The fourth-order valence-corrected chi connectivity index (χ4v) is 3.07. The number of hydrogen-bond donors (Lipinski definition) is 1. The van der Waals surface area contributed by atoms with E-state index in [0.717, 1.165) is 4.57 Å². The molecule has 9 nitrogen and oxygen atoms in total. The highest BCUT2D eigenvalue weighted by atomic mass is 19.1. The number of anilines is 1. The lowest BCUT2D eigenvalue weighted by Crippen LogP contribution is -2.28. The largest absolute Gasteiger partial charge is 0.494 e. The van der Waals surface area contributed by atoms with Gasteiger partial charge in [-0.2, -0.15) is 0 Å². The number of carbonyl (C=O) groups excluding carboxylic acids is 1. The first-order valence-corrected chi connectivity index (χ1v) is 9.59. The van der Waals surface area contributed by atoms with Crippen molar-refractivity contribution in [2.45, 2.75) is 20.0 Å². The second kappa shape index (κ2) is 8.74. The number of nitrogens with one attached hydrogen (secondary N) is 1. The van der Waals surface area contributed by atoms with Crippen LogP contribution in [0.25, 0.3) is 11.2 Å². The standard InChI is InChI=1S/C21H19FN6O3/c1-2-31-17-8-6-16(7-9-17)24-18(29)12-27-13-23-20-19(21(27)30)25-26-28(20)11-14-4-3-5-15(22)10-14/h3-10,13H,2,11-12H2,1H3,(H,24,29). The molecular weight excluding hydrogens is 403 g/mol. The summed E-state index contributed by atoms with van der Waals surface area (Å²) in [6, 6.07) is 13.0. The Morgan fingerprint density at radius 3 is 2.74 bits per heavy atom. The molecule has 0 unspecified atom stereocenters. The van der Waals surface area contributed by atoms with Crippen LogP contribution < -0.4 is 15.6 Å². The molecule has 10 heteroatoms. The van der Waals surface area contributed by atoms with Crippen LogP contribution in [0.5, 0.6) is 5.75 Å². The molecule has 0 aliphatic carbocycles. The molecule has 0 spiro atoms. The number of benzene rings is 2. The Hall–Kier alpha value is -4.08. The molecule has 4 aromatic rings. The van der Waals surface area contributed by atoms with E-state index in [4.69, 9.17) is 4.74 Å². The van der Waals surface area contributed by atoms with Gasteiger partial charge in [0.15, 0.2) is 11.2 Å². The molecule has 0 atom stereocenters. The minimum Gasteiger partial charge on any atom is -0.494 e.